The second kappa shape index (κ2) is 6.97. The maximum atomic E-state index is 12.8. The Labute approximate surface area is 161 Å². The number of carboxylic acid groups (broad SMARTS) is 1. The molecule has 0 aromatic heterocycles. The second-order valence-corrected chi connectivity index (χ2v) is 9.42. The highest BCUT2D eigenvalue weighted by Gasteiger charge is 2.66. The molecule has 150 valence electrons. The van der Waals surface area contributed by atoms with Crippen molar-refractivity contribution in [3.8, 4) is 0 Å². The first-order chi connectivity index (χ1) is 12.6. The van der Waals surface area contributed by atoms with E-state index in [1.807, 2.05) is 0 Å². The first-order valence-corrected chi connectivity index (χ1v) is 9.98. The number of nitrogens with zero attached hydrogens (tertiary/aromatic N) is 2. The number of thioether (sulfide) groups is 1. The van der Waals surface area contributed by atoms with E-state index in [9.17, 15) is 29.4 Å². The van der Waals surface area contributed by atoms with Gasteiger partial charge in [-0.1, -0.05) is 0 Å². The number of likely N-dealkylation sites (tertiary alicyclic amines) is 1. The number of rotatable bonds is 5. The van der Waals surface area contributed by atoms with Crippen molar-refractivity contribution >= 4 is 35.5 Å². The molecule has 5 atom stereocenters. The number of amides is 3. The lowest BCUT2D eigenvalue weighted by Gasteiger charge is -2.45. The van der Waals surface area contributed by atoms with Crippen LogP contribution < -0.4 is 5.32 Å². The fourth-order valence-corrected chi connectivity index (χ4v) is 5.97. The van der Waals surface area contributed by atoms with E-state index in [1.54, 1.807) is 20.8 Å². The lowest BCUT2D eigenvalue weighted by molar-refractivity contribution is -0.173. The summed E-state index contributed by atoms with van der Waals surface area (Å²) in [5.74, 6) is -3.52. The Balaban J connectivity index is 1.74. The van der Waals surface area contributed by atoms with E-state index < -0.39 is 52.0 Å². The Bertz CT molecular complexity index is 684. The summed E-state index contributed by atoms with van der Waals surface area (Å²) in [6.07, 6.45) is -0.414. The molecule has 3 fully saturated rings. The van der Waals surface area contributed by atoms with E-state index in [2.05, 4.69) is 5.32 Å². The minimum atomic E-state index is -1.58. The molecule has 0 aromatic carbocycles. The van der Waals surface area contributed by atoms with Crippen LogP contribution in [0.15, 0.2) is 0 Å². The largest absolute Gasteiger partial charge is 0.480 e. The number of aliphatic carboxylic acids is 1. The number of likely N-dealkylation sites (N-methyl/N-ethyl adjacent to an activating group) is 1. The normalized spacial score (nSPS) is 32.7. The molecule has 3 N–H and O–H groups in total. The van der Waals surface area contributed by atoms with E-state index in [0.717, 1.165) is 0 Å². The van der Waals surface area contributed by atoms with Crippen molar-refractivity contribution in [2.24, 2.45) is 5.92 Å². The van der Waals surface area contributed by atoms with Gasteiger partial charge in [0, 0.05) is 17.8 Å². The number of carbonyl (C=O) groups is 4. The van der Waals surface area contributed by atoms with Gasteiger partial charge in [0.05, 0.1) is 5.37 Å². The standard InChI is InChI=1S/C17H25N3O6S/c1-4-18-12(22)8-6-5-7-19(8)14(24)10(21)9-13(23)20-11(16(25)26)17(2,3)27-15(9)20/h8-11,15,21H,4-7H2,1-3H3,(H,18,22)(H,25,26)/t8-,9+,10-,11-,15+/m0/s1. The second-order valence-electron chi connectivity index (χ2n) is 7.65. The lowest BCUT2D eigenvalue weighted by Crippen LogP contribution is -2.67. The summed E-state index contributed by atoms with van der Waals surface area (Å²) < 4.78 is -0.721. The molecule has 10 heteroatoms. The molecular formula is C17H25N3O6S. The van der Waals surface area contributed by atoms with Crippen LogP contribution in [0.3, 0.4) is 0 Å². The Kier molecular flexibility index (Phi) is 5.15. The topological polar surface area (TPSA) is 127 Å². The van der Waals surface area contributed by atoms with Gasteiger partial charge in [0.2, 0.25) is 11.8 Å². The summed E-state index contributed by atoms with van der Waals surface area (Å²) in [4.78, 5) is 51.7. The minimum absolute atomic E-state index is 0.264. The van der Waals surface area contributed by atoms with Crippen LogP contribution in [0.5, 0.6) is 0 Å². The molecular weight excluding hydrogens is 374 g/mol. The van der Waals surface area contributed by atoms with Crippen molar-refractivity contribution in [3.05, 3.63) is 0 Å². The summed E-state index contributed by atoms with van der Waals surface area (Å²) in [6.45, 7) is 6.05. The Morgan fingerprint density at radius 1 is 1.37 bits per heavy atom. The average Bonchev–Trinajstić information content (AvgIpc) is 3.15. The minimum Gasteiger partial charge on any atom is -0.480 e. The van der Waals surface area contributed by atoms with Crippen LogP contribution in [0.2, 0.25) is 0 Å². The van der Waals surface area contributed by atoms with Crippen LogP contribution in [0.1, 0.15) is 33.6 Å². The SMILES string of the molecule is CCNC(=O)[C@@H]1CCCN1C(=O)[C@@H](O)[C@@H]1C(=O)N2[C@@H]1SC(C)(C)[C@@H]2C(=O)O. The van der Waals surface area contributed by atoms with Gasteiger partial charge in [-0.05, 0) is 33.6 Å². The van der Waals surface area contributed by atoms with Crippen LogP contribution in [0.4, 0.5) is 0 Å². The van der Waals surface area contributed by atoms with Crippen molar-refractivity contribution in [1.82, 2.24) is 15.1 Å². The molecule has 0 aliphatic carbocycles. The molecule has 0 saturated carbocycles. The van der Waals surface area contributed by atoms with Gasteiger partial charge < -0.3 is 25.3 Å². The van der Waals surface area contributed by atoms with Crippen LogP contribution in [-0.2, 0) is 19.2 Å². The van der Waals surface area contributed by atoms with Crippen molar-refractivity contribution in [1.29, 1.82) is 0 Å². The molecule has 0 spiro atoms. The number of carbonyl (C=O) groups excluding carboxylic acids is 3. The smallest absolute Gasteiger partial charge is 0.327 e. The van der Waals surface area contributed by atoms with Crippen molar-refractivity contribution < 1.29 is 29.4 Å². The first kappa shape index (κ1) is 19.9. The predicted molar refractivity (Wildman–Crippen MR) is 96.6 cm³/mol. The highest BCUT2D eigenvalue weighted by atomic mass is 32.2. The maximum Gasteiger partial charge on any atom is 0.327 e. The zero-order valence-corrected chi connectivity index (χ0v) is 16.4. The average molecular weight is 399 g/mol. The number of aliphatic hydroxyl groups is 1. The highest BCUT2D eigenvalue weighted by Crippen LogP contribution is 2.54. The third-order valence-corrected chi connectivity index (χ3v) is 7.09. The molecule has 0 radical (unpaired) electrons. The van der Waals surface area contributed by atoms with E-state index in [4.69, 9.17) is 0 Å². The highest BCUT2D eigenvalue weighted by molar-refractivity contribution is 8.01. The third-order valence-electron chi connectivity index (χ3n) is 5.50. The van der Waals surface area contributed by atoms with Crippen LogP contribution >= 0.6 is 11.8 Å². The van der Waals surface area contributed by atoms with Gasteiger partial charge in [-0.25, -0.2) is 4.79 Å². The fraction of sp³-hybridized carbons (Fsp3) is 0.765. The number of hydrogen-bond acceptors (Lipinski definition) is 6. The molecule has 27 heavy (non-hydrogen) atoms. The van der Waals surface area contributed by atoms with Gasteiger partial charge >= 0.3 is 5.97 Å². The van der Waals surface area contributed by atoms with Crippen molar-refractivity contribution in [3.63, 3.8) is 0 Å². The Hall–Kier alpha value is -1.81. The van der Waals surface area contributed by atoms with Crippen molar-refractivity contribution in [2.45, 2.75) is 61.9 Å². The van der Waals surface area contributed by atoms with Crippen LogP contribution in [0, 0.1) is 5.92 Å². The molecule has 3 rings (SSSR count). The zero-order chi connectivity index (χ0) is 20.1. The predicted octanol–water partition coefficient (Wildman–Crippen LogP) is -0.762. The Morgan fingerprint density at radius 3 is 2.63 bits per heavy atom. The maximum absolute atomic E-state index is 12.8. The van der Waals surface area contributed by atoms with E-state index in [0.29, 0.717) is 25.9 Å². The molecule has 0 unspecified atom stereocenters. The number of carboxylic acids is 1. The number of nitrogens with one attached hydrogen (secondary N) is 1. The summed E-state index contributed by atoms with van der Waals surface area (Å²) in [6, 6.07) is -1.63. The lowest BCUT2D eigenvalue weighted by atomic mass is 9.87. The molecule has 0 bridgehead atoms. The summed E-state index contributed by atoms with van der Waals surface area (Å²) in [5, 5.41) is 22.2. The van der Waals surface area contributed by atoms with E-state index >= 15 is 0 Å². The summed E-state index contributed by atoms with van der Waals surface area (Å²) >= 11 is 1.28. The molecule has 3 saturated heterocycles. The summed E-state index contributed by atoms with van der Waals surface area (Å²) in [5.41, 5.74) is 0. The molecule has 3 aliphatic rings. The van der Waals surface area contributed by atoms with Gasteiger partial charge in [-0.2, -0.15) is 0 Å². The van der Waals surface area contributed by atoms with Crippen molar-refractivity contribution in [2.75, 3.05) is 13.1 Å². The van der Waals surface area contributed by atoms with Gasteiger partial charge in [-0.15, -0.1) is 11.8 Å². The van der Waals surface area contributed by atoms with Crippen LogP contribution in [0.25, 0.3) is 0 Å². The first-order valence-electron chi connectivity index (χ1n) is 9.11. The van der Waals surface area contributed by atoms with Gasteiger partial charge in [-0.3, -0.25) is 14.4 Å². The number of fused-ring (bicyclic) bond motifs is 1. The molecule has 3 amide bonds. The third kappa shape index (κ3) is 3.08. The number of β-lactam (4-membered cyclic amide) rings is 1. The molecule has 0 aromatic rings. The molecule has 3 heterocycles. The van der Waals surface area contributed by atoms with Gasteiger partial charge in [0.1, 0.15) is 24.1 Å². The zero-order valence-electron chi connectivity index (χ0n) is 15.5. The van der Waals surface area contributed by atoms with Gasteiger partial charge in [0.15, 0.2) is 0 Å². The Morgan fingerprint density at radius 2 is 2.04 bits per heavy atom. The molecule has 9 nitrogen and oxygen atoms in total. The number of aliphatic hydroxyl groups excluding tert-OH is 1. The number of hydrogen-bond donors (Lipinski definition) is 3. The fourth-order valence-electron chi connectivity index (χ4n) is 4.25. The quantitative estimate of drug-likeness (QED) is 0.519. The van der Waals surface area contributed by atoms with E-state index in [1.165, 1.54) is 21.6 Å². The van der Waals surface area contributed by atoms with Gasteiger partial charge in [0.25, 0.3) is 5.91 Å². The molecule has 3 aliphatic heterocycles. The van der Waals surface area contributed by atoms with E-state index in [-0.39, 0.29) is 5.91 Å². The summed E-state index contributed by atoms with van der Waals surface area (Å²) in [7, 11) is 0. The van der Waals surface area contributed by atoms with Crippen LogP contribution in [-0.4, -0.2) is 85.1 Å². The monoisotopic (exact) mass is 399 g/mol.